The summed E-state index contributed by atoms with van der Waals surface area (Å²) in [6, 6.07) is 0. The second kappa shape index (κ2) is 4.70. The van der Waals surface area contributed by atoms with Crippen LogP contribution in [-0.2, 0) is 4.74 Å². The molecule has 1 aliphatic heterocycles. The smallest absolute Gasteiger partial charge is 0.0639 e. The Balaban J connectivity index is 2.20. The summed E-state index contributed by atoms with van der Waals surface area (Å²) in [7, 11) is 0. The van der Waals surface area contributed by atoms with Gasteiger partial charge in [0.25, 0.3) is 0 Å². The maximum Gasteiger partial charge on any atom is 0.0639 e. The first-order valence-electron chi connectivity index (χ1n) is 4.27. The van der Waals surface area contributed by atoms with Crippen LogP contribution in [0.1, 0.15) is 13.3 Å². The molecule has 1 fully saturated rings. The molecule has 0 spiro atoms. The van der Waals surface area contributed by atoms with Crippen molar-refractivity contribution in [3.05, 3.63) is 0 Å². The van der Waals surface area contributed by atoms with Crippen LogP contribution in [0.15, 0.2) is 0 Å². The van der Waals surface area contributed by atoms with Crippen molar-refractivity contribution in [1.29, 1.82) is 0 Å². The molecule has 1 heterocycles. The Labute approximate surface area is 68.0 Å². The summed E-state index contributed by atoms with van der Waals surface area (Å²) in [5.41, 5.74) is 0. The van der Waals surface area contributed by atoms with E-state index in [1.807, 2.05) is 6.92 Å². The summed E-state index contributed by atoms with van der Waals surface area (Å²) in [4.78, 5) is 2.25. The minimum absolute atomic E-state index is 0.215. The Morgan fingerprint density at radius 3 is 3.00 bits per heavy atom. The summed E-state index contributed by atoms with van der Waals surface area (Å²) in [5.74, 6) is 0. The second-order valence-electron chi connectivity index (χ2n) is 3.12. The summed E-state index contributed by atoms with van der Waals surface area (Å²) in [6.45, 7) is 6.31. The Kier molecular flexibility index (Phi) is 3.83. The van der Waals surface area contributed by atoms with Gasteiger partial charge >= 0.3 is 0 Å². The maximum absolute atomic E-state index is 9.11. The lowest BCUT2D eigenvalue weighted by atomic mass is 10.3. The lowest BCUT2D eigenvalue weighted by Gasteiger charge is -2.20. The van der Waals surface area contributed by atoms with Crippen molar-refractivity contribution in [2.24, 2.45) is 0 Å². The minimum Gasteiger partial charge on any atom is -0.392 e. The van der Waals surface area contributed by atoms with E-state index in [0.29, 0.717) is 0 Å². The summed E-state index contributed by atoms with van der Waals surface area (Å²) >= 11 is 0. The molecule has 0 amide bonds. The van der Waals surface area contributed by atoms with Crippen molar-refractivity contribution in [2.75, 3.05) is 32.8 Å². The highest BCUT2D eigenvalue weighted by Gasteiger charge is 2.10. The number of aliphatic hydroxyl groups excluding tert-OH is 1. The predicted molar refractivity (Wildman–Crippen MR) is 43.6 cm³/mol. The number of hydrogen-bond acceptors (Lipinski definition) is 3. The van der Waals surface area contributed by atoms with Crippen molar-refractivity contribution in [3.8, 4) is 0 Å². The minimum atomic E-state index is -0.215. The van der Waals surface area contributed by atoms with Gasteiger partial charge < -0.3 is 9.84 Å². The van der Waals surface area contributed by atoms with Gasteiger partial charge in [-0.3, -0.25) is 4.90 Å². The lowest BCUT2D eigenvalue weighted by molar-refractivity contribution is 0.113. The number of aliphatic hydroxyl groups is 1. The fraction of sp³-hybridized carbons (Fsp3) is 1.00. The van der Waals surface area contributed by atoms with Crippen LogP contribution in [0.3, 0.4) is 0 Å². The SMILES string of the molecule is C[C@H](O)CN1CCCOCC1. The highest BCUT2D eigenvalue weighted by molar-refractivity contribution is 4.63. The zero-order valence-corrected chi connectivity index (χ0v) is 7.12. The molecule has 1 saturated heterocycles. The third-order valence-electron chi connectivity index (χ3n) is 1.84. The fourth-order valence-electron chi connectivity index (χ4n) is 1.35. The van der Waals surface area contributed by atoms with Crippen LogP contribution in [0.4, 0.5) is 0 Å². The fourth-order valence-corrected chi connectivity index (χ4v) is 1.35. The van der Waals surface area contributed by atoms with Crippen LogP contribution < -0.4 is 0 Å². The molecule has 1 aliphatic rings. The second-order valence-corrected chi connectivity index (χ2v) is 3.12. The molecule has 1 N–H and O–H groups in total. The molecule has 0 aromatic rings. The van der Waals surface area contributed by atoms with E-state index in [-0.39, 0.29) is 6.10 Å². The highest BCUT2D eigenvalue weighted by atomic mass is 16.5. The highest BCUT2D eigenvalue weighted by Crippen LogP contribution is 1.99. The van der Waals surface area contributed by atoms with Gasteiger partial charge in [-0.25, -0.2) is 0 Å². The number of nitrogens with zero attached hydrogens (tertiary/aromatic N) is 1. The molecule has 11 heavy (non-hydrogen) atoms. The van der Waals surface area contributed by atoms with E-state index in [1.54, 1.807) is 0 Å². The van der Waals surface area contributed by atoms with E-state index >= 15 is 0 Å². The van der Waals surface area contributed by atoms with Crippen LogP contribution >= 0.6 is 0 Å². The summed E-state index contributed by atoms with van der Waals surface area (Å²) in [6.07, 6.45) is 0.875. The standard InChI is InChI=1S/C8H17NO2/c1-8(10)7-9-3-2-5-11-6-4-9/h8,10H,2-7H2,1H3/t8-/m0/s1. The molecular formula is C8H17NO2. The van der Waals surface area contributed by atoms with Gasteiger partial charge in [0.1, 0.15) is 0 Å². The Morgan fingerprint density at radius 1 is 1.45 bits per heavy atom. The number of rotatable bonds is 2. The molecule has 0 aromatic heterocycles. The Hall–Kier alpha value is -0.120. The van der Waals surface area contributed by atoms with Gasteiger partial charge in [-0.05, 0) is 13.3 Å². The monoisotopic (exact) mass is 159 g/mol. The van der Waals surface area contributed by atoms with E-state index < -0.39 is 0 Å². The number of β-amino-alcohol motifs (C(OH)–C–C–N with tert-alkyl or cyclic N) is 1. The van der Waals surface area contributed by atoms with Gasteiger partial charge in [0.15, 0.2) is 0 Å². The van der Waals surface area contributed by atoms with E-state index in [4.69, 9.17) is 9.84 Å². The normalized spacial score (nSPS) is 24.5. The van der Waals surface area contributed by atoms with Crippen LogP contribution in [-0.4, -0.2) is 49.0 Å². The molecule has 3 nitrogen and oxygen atoms in total. The van der Waals surface area contributed by atoms with Crippen LogP contribution in [0.25, 0.3) is 0 Å². The molecular weight excluding hydrogens is 142 g/mol. The average molecular weight is 159 g/mol. The topological polar surface area (TPSA) is 32.7 Å². The van der Waals surface area contributed by atoms with Crippen molar-refractivity contribution < 1.29 is 9.84 Å². The van der Waals surface area contributed by atoms with Gasteiger partial charge in [-0.1, -0.05) is 0 Å². The first-order valence-corrected chi connectivity index (χ1v) is 4.27. The number of ether oxygens (including phenoxy) is 1. The molecule has 0 radical (unpaired) electrons. The summed E-state index contributed by atoms with van der Waals surface area (Å²) in [5, 5.41) is 9.11. The molecule has 0 saturated carbocycles. The molecule has 66 valence electrons. The van der Waals surface area contributed by atoms with Gasteiger partial charge in [0.2, 0.25) is 0 Å². The van der Waals surface area contributed by atoms with Gasteiger partial charge in [0, 0.05) is 26.2 Å². The first kappa shape index (κ1) is 8.97. The van der Waals surface area contributed by atoms with Crippen molar-refractivity contribution >= 4 is 0 Å². The van der Waals surface area contributed by atoms with Gasteiger partial charge in [-0.2, -0.15) is 0 Å². The van der Waals surface area contributed by atoms with Crippen molar-refractivity contribution in [3.63, 3.8) is 0 Å². The lowest BCUT2D eigenvalue weighted by Crippen LogP contribution is -2.32. The van der Waals surface area contributed by atoms with E-state index in [1.165, 1.54) is 0 Å². The molecule has 1 atom stereocenters. The molecule has 0 aromatic carbocycles. The molecule has 0 unspecified atom stereocenters. The summed E-state index contributed by atoms with van der Waals surface area (Å²) < 4.78 is 5.28. The molecule has 0 aliphatic carbocycles. The Morgan fingerprint density at radius 2 is 2.27 bits per heavy atom. The maximum atomic E-state index is 9.11. The van der Waals surface area contributed by atoms with Crippen LogP contribution in [0.5, 0.6) is 0 Å². The zero-order chi connectivity index (χ0) is 8.10. The number of hydrogen-bond donors (Lipinski definition) is 1. The molecule has 1 rings (SSSR count). The van der Waals surface area contributed by atoms with Crippen molar-refractivity contribution in [1.82, 2.24) is 4.90 Å². The zero-order valence-electron chi connectivity index (χ0n) is 7.12. The predicted octanol–water partition coefficient (Wildman–Crippen LogP) is 0.0895. The van der Waals surface area contributed by atoms with Gasteiger partial charge in [0.05, 0.1) is 12.7 Å². The van der Waals surface area contributed by atoms with Crippen molar-refractivity contribution in [2.45, 2.75) is 19.4 Å². The quantitative estimate of drug-likeness (QED) is 0.620. The van der Waals surface area contributed by atoms with E-state index in [0.717, 1.165) is 39.3 Å². The van der Waals surface area contributed by atoms with E-state index in [9.17, 15) is 0 Å². The molecule has 0 bridgehead atoms. The third-order valence-corrected chi connectivity index (χ3v) is 1.84. The molecule has 3 heteroatoms. The van der Waals surface area contributed by atoms with E-state index in [2.05, 4.69) is 4.90 Å². The van der Waals surface area contributed by atoms with Crippen LogP contribution in [0.2, 0.25) is 0 Å². The third kappa shape index (κ3) is 3.70. The average Bonchev–Trinajstić information content (AvgIpc) is 2.14. The Bertz CT molecular complexity index is 98.3. The first-order chi connectivity index (χ1) is 5.29. The van der Waals surface area contributed by atoms with Gasteiger partial charge in [-0.15, -0.1) is 0 Å². The van der Waals surface area contributed by atoms with Crippen LogP contribution in [0, 0.1) is 0 Å². The largest absolute Gasteiger partial charge is 0.392 e.